The van der Waals surface area contributed by atoms with Gasteiger partial charge in [-0.25, -0.2) is 9.78 Å². The summed E-state index contributed by atoms with van der Waals surface area (Å²) in [5.74, 6) is 0.666. The van der Waals surface area contributed by atoms with Crippen LogP contribution in [0.15, 0.2) is 53.9 Å². The molecule has 0 unspecified atom stereocenters. The highest BCUT2D eigenvalue weighted by Gasteiger charge is 2.40. The number of fused-ring (bicyclic) bond motifs is 4. The minimum atomic E-state index is -0.196. The Bertz CT molecular complexity index is 1140. The molecule has 1 atom stereocenters. The van der Waals surface area contributed by atoms with E-state index in [4.69, 9.17) is 4.98 Å². The molecule has 2 amide bonds. The molecule has 0 radical (unpaired) electrons. The summed E-state index contributed by atoms with van der Waals surface area (Å²) in [5.41, 5.74) is 5.11. The fraction of sp³-hybridized carbons (Fsp3) is 0.261. The van der Waals surface area contributed by atoms with E-state index in [-0.39, 0.29) is 12.1 Å². The molecule has 156 valence electrons. The molecule has 0 saturated carbocycles. The van der Waals surface area contributed by atoms with E-state index < -0.39 is 0 Å². The fourth-order valence-corrected chi connectivity index (χ4v) is 4.22. The lowest BCUT2D eigenvalue weighted by Crippen LogP contribution is -2.48. The number of pyridine rings is 3. The van der Waals surface area contributed by atoms with Crippen molar-refractivity contribution in [1.29, 1.82) is 0 Å². The molecule has 8 nitrogen and oxygen atoms in total. The van der Waals surface area contributed by atoms with E-state index in [0.29, 0.717) is 11.5 Å². The predicted octanol–water partition coefficient (Wildman–Crippen LogP) is 3.53. The summed E-state index contributed by atoms with van der Waals surface area (Å²) in [6, 6.07) is 9.55. The van der Waals surface area contributed by atoms with Crippen molar-refractivity contribution in [1.82, 2.24) is 15.0 Å². The first-order valence-corrected chi connectivity index (χ1v) is 10.3. The van der Waals surface area contributed by atoms with E-state index in [0.717, 1.165) is 47.7 Å². The molecule has 0 aliphatic carbocycles. The number of carbonyl (C=O) groups is 1. The number of nitrogens with one attached hydrogen (secondary N) is 1. The molecule has 1 N–H and O–H groups in total. The average Bonchev–Trinajstić information content (AvgIpc) is 3.20. The summed E-state index contributed by atoms with van der Waals surface area (Å²) >= 11 is 0. The molecule has 0 aromatic carbocycles. The van der Waals surface area contributed by atoms with Gasteiger partial charge in [0.25, 0.3) is 0 Å². The number of hydrogen-bond donors (Lipinski definition) is 1. The van der Waals surface area contributed by atoms with Crippen LogP contribution in [0.1, 0.15) is 17.7 Å². The lowest BCUT2D eigenvalue weighted by atomic mass is 10.1. The number of aryl methyl sites for hydroxylation is 1. The van der Waals surface area contributed by atoms with Crippen molar-refractivity contribution in [3.63, 3.8) is 0 Å². The van der Waals surface area contributed by atoms with Crippen LogP contribution in [0.3, 0.4) is 0 Å². The molecule has 3 aromatic heterocycles. The zero-order valence-electron chi connectivity index (χ0n) is 17.5. The van der Waals surface area contributed by atoms with Gasteiger partial charge in [-0.1, -0.05) is 0 Å². The van der Waals surface area contributed by atoms with Gasteiger partial charge in [0, 0.05) is 55.6 Å². The number of rotatable bonds is 3. The predicted molar refractivity (Wildman–Crippen MR) is 122 cm³/mol. The van der Waals surface area contributed by atoms with E-state index in [2.05, 4.69) is 31.2 Å². The Morgan fingerprint density at radius 3 is 2.94 bits per heavy atom. The second-order valence-corrected chi connectivity index (χ2v) is 7.77. The number of amides is 2. The largest absolute Gasteiger partial charge is 0.366 e. The number of aromatic nitrogens is 3. The zero-order chi connectivity index (χ0) is 21.4. The molecule has 31 heavy (non-hydrogen) atoms. The summed E-state index contributed by atoms with van der Waals surface area (Å²) in [7, 11) is 1.75. The van der Waals surface area contributed by atoms with E-state index in [1.807, 2.05) is 37.5 Å². The van der Waals surface area contributed by atoms with Crippen LogP contribution in [0.4, 0.5) is 22.0 Å². The Morgan fingerprint density at radius 1 is 1.29 bits per heavy atom. The average molecular weight is 413 g/mol. The van der Waals surface area contributed by atoms with Crippen LogP contribution >= 0.6 is 0 Å². The van der Waals surface area contributed by atoms with Gasteiger partial charge in [-0.15, -0.1) is 0 Å². The second-order valence-electron chi connectivity index (χ2n) is 7.77. The number of nitrogens with zero attached hydrogens (tertiary/aromatic N) is 6. The Labute approximate surface area is 180 Å². The highest BCUT2D eigenvalue weighted by Crippen LogP contribution is 2.41. The highest BCUT2D eigenvalue weighted by molar-refractivity contribution is 6.05. The van der Waals surface area contributed by atoms with Gasteiger partial charge < -0.3 is 10.2 Å². The van der Waals surface area contributed by atoms with Gasteiger partial charge in [0.1, 0.15) is 0 Å². The third kappa shape index (κ3) is 3.50. The Morgan fingerprint density at radius 2 is 2.19 bits per heavy atom. The van der Waals surface area contributed by atoms with Crippen molar-refractivity contribution < 1.29 is 4.79 Å². The van der Waals surface area contributed by atoms with Gasteiger partial charge in [-0.3, -0.25) is 19.9 Å². The third-order valence-corrected chi connectivity index (χ3v) is 5.69. The summed E-state index contributed by atoms with van der Waals surface area (Å²) in [4.78, 5) is 35.1. The monoisotopic (exact) mass is 413 g/mol. The molecule has 0 spiro atoms. The lowest BCUT2D eigenvalue weighted by molar-refractivity contribution is 0.255. The maximum atomic E-state index is 13.3. The molecule has 2 aliphatic heterocycles. The van der Waals surface area contributed by atoms with Crippen LogP contribution in [0.25, 0.3) is 11.3 Å². The molecule has 1 saturated heterocycles. The number of hydrogen-bond acceptors (Lipinski definition) is 6. The zero-order valence-corrected chi connectivity index (χ0v) is 17.5. The van der Waals surface area contributed by atoms with E-state index in [1.165, 1.54) is 0 Å². The Hall–Kier alpha value is -3.81. The van der Waals surface area contributed by atoms with Crippen LogP contribution in [-0.4, -0.2) is 53.4 Å². The molecule has 5 rings (SSSR count). The molecular formula is C23H23N7O. The third-order valence-electron chi connectivity index (χ3n) is 5.69. The smallest absolute Gasteiger partial charge is 0.327 e. The minimum Gasteiger partial charge on any atom is -0.366 e. The molecular weight excluding hydrogens is 390 g/mol. The van der Waals surface area contributed by atoms with Crippen LogP contribution in [0.2, 0.25) is 0 Å². The van der Waals surface area contributed by atoms with Gasteiger partial charge in [-0.05, 0) is 43.7 Å². The molecule has 2 bridgehead atoms. The Kier molecular flexibility index (Phi) is 4.82. The molecule has 8 heteroatoms. The van der Waals surface area contributed by atoms with Crippen LogP contribution in [0.5, 0.6) is 0 Å². The second kappa shape index (κ2) is 7.79. The number of carbonyl (C=O) groups excluding carboxylic acids is 1. The molecule has 2 aliphatic rings. The van der Waals surface area contributed by atoms with Crippen molar-refractivity contribution >= 4 is 29.4 Å². The minimum absolute atomic E-state index is 0.0753. The highest BCUT2D eigenvalue weighted by atomic mass is 16.2. The van der Waals surface area contributed by atoms with Crippen LogP contribution < -0.4 is 15.1 Å². The number of aliphatic imine (C=N–C) groups is 1. The number of anilines is 3. The van der Waals surface area contributed by atoms with Crippen molar-refractivity contribution in [2.75, 3.05) is 35.3 Å². The van der Waals surface area contributed by atoms with Crippen LogP contribution in [-0.2, 0) is 0 Å². The summed E-state index contributed by atoms with van der Waals surface area (Å²) in [5, 5.41) is 2.97. The van der Waals surface area contributed by atoms with Gasteiger partial charge in [-0.2, -0.15) is 0 Å². The first kappa shape index (κ1) is 19.2. The van der Waals surface area contributed by atoms with Crippen LogP contribution in [0, 0.1) is 6.92 Å². The maximum absolute atomic E-state index is 13.3. The summed E-state index contributed by atoms with van der Waals surface area (Å²) in [6.45, 7) is 3.64. The topological polar surface area (TPSA) is 86.6 Å². The van der Waals surface area contributed by atoms with Gasteiger partial charge in [0.05, 0.1) is 29.3 Å². The summed E-state index contributed by atoms with van der Waals surface area (Å²) in [6.07, 6.45) is 7.84. The normalized spacial score (nSPS) is 17.2. The van der Waals surface area contributed by atoms with Crippen molar-refractivity contribution in [2.24, 2.45) is 4.99 Å². The standard InChI is InChI=1S/C23H23N7O/c1-15-5-6-16(12-26-15)21-17(11-24-2)10-20-22(28-21)30(19-7-9-29(20)14-19)23(31)27-18-4-3-8-25-13-18/h3-6,8,10-13,19H,7,9,14H2,1-2H3,(H,27,31)/t19-/m0/s1. The molecule has 3 aromatic rings. The SMILES string of the molecule is CN=Cc1cc2c(nc1-c1ccc(C)nc1)N(C(=O)Nc1cccnc1)[C@H]1CCN2C1. The van der Waals surface area contributed by atoms with Crippen molar-refractivity contribution in [3.05, 3.63) is 60.2 Å². The first-order chi connectivity index (χ1) is 15.1. The van der Waals surface area contributed by atoms with E-state index >= 15 is 0 Å². The quantitative estimate of drug-likeness (QED) is 0.664. The van der Waals surface area contributed by atoms with Gasteiger partial charge in [0.2, 0.25) is 0 Å². The Balaban J connectivity index is 1.61. The number of urea groups is 1. The first-order valence-electron chi connectivity index (χ1n) is 10.3. The maximum Gasteiger partial charge on any atom is 0.327 e. The van der Waals surface area contributed by atoms with Gasteiger partial charge >= 0.3 is 6.03 Å². The van der Waals surface area contributed by atoms with Gasteiger partial charge in [0.15, 0.2) is 5.82 Å². The fourth-order valence-electron chi connectivity index (χ4n) is 4.22. The molecule has 5 heterocycles. The molecule has 1 fully saturated rings. The van der Waals surface area contributed by atoms with Crippen molar-refractivity contribution in [3.8, 4) is 11.3 Å². The summed E-state index contributed by atoms with van der Waals surface area (Å²) < 4.78 is 0. The van der Waals surface area contributed by atoms with E-state index in [9.17, 15) is 4.79 Å². The van der Waals surface area contributed by atoms with E-state index in [1.54, 1.807) is 30.4 Å². The van der Waals surface area contributed by atoms with Crippen molar-refractivity contribution in [2.45, 2.75) is 19.4 Å². The lowest BCUT2D eigenvalue weighted by Gasteiger charge is -2.36.